The van der Waals surface area contributed by atoms with E-state index >= 15 is 0 Å². The molecule has 2 fully saturated rings. The molecule has 12 heteroatoms. The lowest BCUT2D eigenvalue weighted by atomic mass is 10.3. The molecule has 1 aromatic heterocycles. The van der Waals surface area contributed by atoms with E-state index in [1.54, 1.807) is 0 Å². The van der Waals surface area contributed by atoms with Gasteiger partial charge in [-0.25, -0.2) is 4.79 Å². The van der Waals surface area contributed by atoms with Crippen molar-refractivity contribution >= 4 is 52.1 Å². The number of barbiturate groups is 1. The molecule has 3 rings (SSSR count). The van der Waals surface area contributed by atoms with Crippen molar-refractivity contribution in [1.29, 1.82) is 0 Å². The van der Waals surface area contributed by atoms with Crippen LogP contribution in [0.2, 0.25) is 0 Å². The SMILES string of the molecule is O=C1CC(=O)NC(=O)N1.O=C1CSC(=S)N1.O=c1cco[nH]1. The number of amides is 5. The van der Waals surface area contributed by atoms with Crippen molar-refractivity contribution in [3.05, 3.63) is 22.7 Å². The number of hydrogen-bond donors (Lipinski definition) is 4. The second-order valence-electron chi connectivity index (χ2n) is 3.61. The summed E-state index contributed by atoms with van der Waals surface area (Å²) in [6.07, 6.45) is 1.04. The molecule has 10 nitrogen and oxygen atoms in total. The Hall–Kier alpha value is -2.47. The van der Waals surface area contributed by atoms with Crippen molar-refractivity contribution in [2.24, 2.45) is 0 Å². The third kappa shape index (κ3) is 7.35. The fourth-order valence-electron chi connectivity index (χ4n) is 1.06. The van der Waals surface area contributed by atoms with E-state index in [0.29, 0.717) is 10.1 Å². The van der Waals surface area contributed by atoms with E-state index in [-0.39, 0.29) is 17.9 Å². The number of thioether (sulfide) groups is 1. The number of aromatic amines is 1. The van der Waals surface area contributed by atoms with Crippen molar-refractivity contribution in [2.45, 2.75) is 6.42 Å². The minimum atomic E-state index is -0.740. The van der Waals surface area contributed by atoms with E-state index in [1.165, 1.54) is 24.1 Å². The summed E-state index contributed by atoms with van der Waals surface area (Å²) in [4.78, 5) is 51.0. The molecule has 2 aliphatic heterocycles. The largest absolute Gasteiger partial charge is 0.387 e. The monoisotopic (exact) mass is 346 g/mol. The molecule has 0 atom stereocenters. The van der Waals surface area contributed by atoms with Crippen molar-refractivity contribution < 1.29 is 23.7 Å². The molecule has 0 bridgehead atoms. The van der Waals surface area contributed by atoms with Gasteiger partial charge in [-0.3, -0.25) is 29.8 Å². The molecule has 3 heterocycles. The normalized spacial score (nSPS) is 16.5. The zero-order valence-electron chi connectivity index (χ0n) is 10.8. The molecule has 4 N–H and O–H groups in total. The molecular weight excluding hydrogens is 336 g/mol. The van der Waals surface area contributed by atoms with Crippen molar-refractivity contribution in [1.82, 2.24) is 21.1 Å². The minimum Gasteiger partial charge on any atom is -0.387 e. The van der Waals surface area contributed by atoms with Crippen LogP contribution in [0, 0.1) is 0 Å². The number of hydrogen-bond acceptors (Lipinski definition) is 8. The molecule has 0 saturated carbocycles. The zero-order chi connectivity index (χ0) is 16.5. The summed E-state index contributed by atoms with van der Waals surface area (Å²) in [6.45, 7) is 0. The quantitative estimate of drug-likeness (QED) is 0.339. The topological polar surface area (TPSA) is 150 Å². The first-order chi connectivity index (χ1) is 10.4. The summed E-state index contributed by atoms with van der Waals surface area (Å²) >= 11 is 6.00. The number of nitrogens with one attached hydrogen (secondary N) is 4. The van der Waals surface area contributed by atoms with Gasteiger partial charge >= 0.3 is 6.03 Å². The first-order valence-electron chi connectivity index (χ1n) is 5.59. The van der Waals surface area contributed by atoms with Gasteiger partial charge in [-0.1, -0.05) is 24.0 Å². The van der Waals surface area contributed by atoms with E-state index < -0.39 is 17.8 Å². The molecule has 0 unspecified atom stereocenters. The lowest BCUT2D eigenvalue weighted by Gasteiger charge is -2.09. The molecule has 2 saturated heterocycles. The Morgan fingerprint density at radius 2 is 1.64 bits per heavy atom. The van der Waals surface area contributed by atoms with E-state index in [0.717, 1.165) is 0 Å². The third-order valence-corrected chi connectivity index (χ3v) is 3.08. The maximum Gasteiger partial charge on any atom is 0.328 e. The molecule has 22 heavy (non-hydrogen) atoms. The van der Waals surface area contributed by atoms with Gasteiger partial charge in [0.15, 0.2) is 0 Å². The van der Waals surface area contributed by atoms with Crippen LogP contribution in [0.25, 0.3) is 0 Å². The van der Waals surface area contributed by atoms with Gasteiger partial charge < -0.3 is 9.84 Å². The van der Waals surface area contributed by atoms with Crippen LogP contribution in [-0.4, -0.2) is 39.0 Å². The first-order valence-corrected chi connectivity index (χ1v) is 6.98. The first kappa shape index (κ1) is 17.6. The predicted octanol–water partition coefficient (Wildman–Crippen LogP) is -1.16. The van der Waals surface area contributed by atoms with E-state index in [4.69, 9.17) is 0 Å². The van der Waals surface area contributed by atoms with Gasteiger partial charge in [0.2, 0.25) is 17.7 Å². The molecular formula is C10H10N4O6S2. The molecule has 0 radical (unpaired) electrons. The van der Waals surface area contributed by atoms with Gasteiger partial charge in [-0.2, -0.15) is 5.16 Å². The predicted molar refractivity (Wildman–Crippen MR) is 78.8 cm³/mol. The molecule has 2 aliphatic rings. The maximum atomic E-state index is 10.3. The Balaban J connectivity index is 0.000000169. The molecule has 0 aromatic carbocycles. The minimum absolute atomic E-state index is 0.0231. The summed E-state index contributed by atoms with van der Waals surface area (Å²) in [5.74, 6) is -0.582. The van der Waals surface area contributed by atoms with Crippen molar-refractivity contribution in [3.8, 4) is 0 Å². The van der Waals surface area contributed by atoms with Gasteiger partial charge in [0.1, 0.15) is 17.0 Å². The Kier molecular flexibility index (Phi) is 6.98. The van der Waals surface area contributed by atoms with Crippen molar-refractivity contribution in [3.63, 3.8) is 0 Å². The van der Waals surface area contributed by atoms with Gasteiger partial charge in [-0.15, -0.1) is 0 Å². The Morgan fingerprint density at radius 1 is 1.00 bits per heavy atom. The summed E-state index contributed by atoms with van der Waals surface area (Å²) in [6, 6.07) is 0.566. The van der Waals surface area contributed by atoms with Crippen LogP contribution >= 0.6 is 24.0 Å². The highest BCUT2D eigenvalue weighted by Crippen LogP contribution is 2.07. The number of aromatic nitrogens is 1. The summed E-state index contributed by atoms with van der Waals surface area (Å²) < 4.78 is 4.88. The number of thiocarbonyl (C=S) groups is 1. The molecule has 118 valence electrons. The molecule has 0 spiro atoms. The highest BCUT2D eigenvalue weighted by atomic mass is 32.2. The average molecular weight is 346 g/mol. The second-order valence-corrected chi connectivity index (χ2v) is 5.27. The fourth-order valence-corrected chi connectivity index (χ4v) is 1.87. The van der Waals surface area contributed by atoms with Crippen LogP contribution in [-0.2, 0) is 14.4 Å². The smallest absolute Gasteiger partial charge is 0.328 e. The van der Waals surface area contributed by atoms with E-state index in [9.17, 15) is 24.0 Å². The number of rotatable bonds is 0. The van der Waals surface area contributed by atoms with E-state index in [2.05, 4.69) is 27.2 Å². The van der Waals surface area contributed by atoms with Crippen molar-refractivity contribution in [2.75, 3.05) is 5.75 Å². The summed E-state index contributed by atoms with van der Waals surface area (Å²) in [7, 11) is 0. The zero-order valence-corrected chi connectivity index (χ0v) is 12.5. The highest BCUT2D eigenvalue weighted by molar-refractivity contribution is 8.24. The molecule has 5 amide bonds. The third-order valence-electron chi connectivity index (χ3n) is 1.85. The van der Waals surface area contributed by atoms with Crippen LogP contribution < -0.4 is 21.5 Å². The Morgan fingerprint density at radius 3 is 1.86 bits per heavy atom. The van der Waals surface area contributed by atoms with Crippen LogP contribution in [0.1, 0.15) is 6.42 Å². The highest BCUT2D eigenvalue weighted by Gasteiger charge is 2.20. The molecule has 0 aliphatic carbocycles. The van der Waals surface area contributed by atoms with Crippen LogP contribution in [0.15, 0.2) is 21.6 Å². The summed E-state index contributed by atoms with van der Waals surface area (Å²) in [5.41, 5.74) is -0.199. The number of carbonyl (C=O) groups is 4. The van der Waals surface area contributed by atoms with Gasteiger partial charge in [0.05, 0.1) is 5.75 Å². The number of imide groups is 2. The maximum absolute atomic E-state index is 10.3. The Bertz CT molecular complexity index is 576. The number of H-pyrrole nitrogens is 1. The number of carbonyl (C=O) groups excluding carboxylic acids is 4. The lowest BCUT2D eigenvalue weighted by Crippen LogP contribution is -2.49. The second kappa shape index (κ2) is 8.74. The Labute approximate surface area is 132 Å². The van der Waals surface area contributed by atoms with Gasteiger partial charge in [0.25, 0.3) is 5.56 Å². The van der Waals surface area contributed by atoms with Crippen LogP contribution in [0.5, 0.6) is 0 Å². The van der Waals surface area contributed by atoms with Gasteiger partial charge in [0, 0.05) is 6.07 Å². The number of urea groups is 1. The summed E-state index contributed by atoms with van der Waals surface area (Å²) in [5, 5.41) is 8.34. The lowest BCUT2D eigenvalue weighted by molar-refractivity contribution is -0.129. The molecule has 1 aromatic rings. The van der Waals surface area contributed by atoms with E-state index in [1.807, 2.05) is 10.6 Å². The van der Waals surface area contributed by atoms with Crippen LogP contribution in [0.4, 0.5) is 4.79 Å². The standard InChI is InChI=1S/C4H4N2O3.C3H3NO2.C3H3NOS2/c7-2-1-3(8)6-4(9)5-2;5-3-1-2-6-4-3;5-2-1-7-3(6)4-2/h1H2,(H2,5,6,7,8,9);1-2H,(H,4,5);1H2,(H,4,5,6). The fraction of sp³-hybridized carbons (Fsp3) is 0.200. The average Bonchev–Trinajstić information content (AvgIpc) is 3.00. The van der Waals surface area contributed by atoms with Crippen LogP contribution in [0.3, 0.4) is 0 Å². The van der Waals surface area contributed by atoms with Gasteiger partial charge in [-0.05, 0) is 0 Å².